The molecule has 4 nitrogen and oxygen atoms in total. The SMILES string of the molecule is CCNC(=NCc1ccccc1F)NCC1CCCN(C(C)C)C1. The minimum Gasteiger partial charge on any atom is -0.357 e. The molecule has 1 aliphatic heterocycles. The van der Waals surface area contributed by atoms with Crippen LogP contribution in [0, 0.1) is 11.7 Å². The van der Waals surface area contributed by atoms with Gasteiger partial charge in [-0.25, -0.2) is 9.38 Å². The lowest BCUT2D eigenvalue weighted by Gasteiger charge is -2.35. The molecule has 2 N–H and O–H groups in total. The van der Waals surface area contributed by atoms with E-state index in [4.69, 9.17) is 0 Å². The molecule has 0 radical (unpaired) electrons. The van der Waals surface area contributed by atoms with Crippen LogP contribution in [0.2, 0.25) is 0 Å². The fourth-order valence-corrected chi connectivity index (χ4v) is 3.11. The molecule has 5 heteroatoms. The Morgan fingerprint density at radius 1 is 1.33 bits per heavy atom. The predicted octanol–water partition coefficient (Wildman–Crippen LogP) is 3.00. The summed E-state index contributed by atoms with van der Waals surface area (Å²) in [5.41, 5.74) is 0.623. The minimum absolute atomic E-state index is 0.197. The highest BCUT2D eigenvalue weighted by Gasteiger charge is 2.21. The van der Waals surface area contributed by atoms with Crippen molar-refractivity contribution in [3.63, 3.8) is 0 Å². The molecule has 0 aromatic heterocycles. The molecular formula is C19H31FN4. The number of benzene rings is 1. The van der Waals surface area contributed by atoms with Crippen LogP contribution in [0.1, 0.15) is 39.2 Å². The number of hydrogen-bond donors (Lipinski definition) is 2. The Labute approximate surface area is 145 Å². The maximum absolute atomic E-state index is 13.7. The molecule has 0 saturated carbocycles. The van der Waals surface area contributed by atoms with Crippen LogP contribution in [0.25, 0.3) is 0 Å². The van der Waals surface area contributed by atoms with Gasteiger partial charge in [0.25, 0.3) is 0 Å². The molecule has 0 bridgehead atoms. The Hall–Kier alpha value is -1.62. The molecular weight excluding hydrogens is 303 g/mol. The molecule has 0 amide bonds. The van der Waals surface area contributed by atoms with Gasteiger partial charge in [-0.05, 0) is 52.1 Å². The van der Waals surface area contributed by atoms with E-state index in [0.29, 0.717) is 24.1 Å². The van der Waals surface area contributed by atoms with Gasteiger partial charge in [0.1, 0.15) is 5.82 Å². The first-order valence-electron chi connectivity index (χ1n) is 9.09. The number of guanidine groups is 1. The average molecular weight is 334 g/mol. The largest absolute Gasteiger partial charge is 0.357 e. The summed E-state index contributed by atoms with van der Waals surface area (Å²) in [7, 11) is 0. The van der Waals surface area contributed by atoms with Gasteiger partial charge in [-0.15, -0.1) is 0 Å². The number of rotatable bonds is 6. The van der Waals surface area contributed by atoms with Gasteiger partial charge in [0, 0.05) is 31.2 Å². The van der Waals surface area contributed by atoms with Crippen molar-refractivity contribution in [2.45, 2.75) is 46.2 Å². The monoisotopic (exact) mass is 334 g/mol. The van der Waals surface area contributed by atoms with Gasteiger partial charge in [-0.2, -0.15) is 0 Å². The summed E-state index contributed by atoms with van der Waals surface area (Å²) in [6, 6.07) is 7.42. The van der Waals surface area contributed by atoms with E-state index in [-0.39, 0.29) is 5.82 Å². The number of nitrogens with one attached hydrogen (secondary N) is 2. The van der Waals surface area contributed by atoms with Crippen molar-refractivity contribution in [3.05, 3.63) is 35.6 Å². The first kappa shape index (κ1) is 18.7. The fraction of sp³-hybridized carbons (Fsp3) is 0.632. The van der Waals surface area contributed by atoms with Gasteiger partial charge in [0.15, 0.2) is 5.96 Å². The van der Waals surface area contributed by atoms with Crippen molar-refractivity contribution in [3.8, 4) is 0 Å². The molecule has 1 aromatic rings. The van der Waals surface area contributed by atoms with Gasteiger partial charge >= 0.3 is 0 Å². The number of aliphatic imine (C=N–C) groups is 1. The minimum atomic E-state index is -0.197. The average Bonchev–Trinajstić information content (AvgIpc) is 2.59. The molecule has 0 spiro atoms. The third kappa shape index (κ3) is 5.78. The third-order valence-corrected chi connectivity index (χ3v) is 4.55. The molecule has 134 valence electrons. The molecule has 24 heavy (non-hydrogen) atoms. The maximum atomic E-state index is 13.7. The van der Waals surface area contributed by atoms with Crippen molar-refractivity contribution in [1.82, 2.24) is 15.5 Å². The standard InChI is InChI=1S/C19H31FN4/c1-4-21-19(23-13-17-9-5-6-10-18(17)20)22-12-16-8-7-11-24(14-16)15(2)3/h5-6,9-10,15-16H,4,7-8,11-14H2,1-3H3,(H2,21,22,23). The van der Waals surface area contributed by atoms with Crippen LogP contribution >= 0.6 is 0 Å². The van der Waals surface area contributed by atoms with Crippen LogP contribution < -0.4 is 10.6 Å². The first-order chi connectivity index (χ1) is 11.6. The van der Waals surface area contributed by atoms with Crippen molar-refractivity contribution < 1.29 is 4.39 Å². The van der Waals surface area contributed by atoms with Gasteiger partial charge in [-0.3, -0.25) is 0 Å². The van der Waals surface area contributed by atoms with Gasteiger partial charge in [-0.1, -0.05) is 18.2 Å². The zero-order chi connectivity index (χ0) is 17.4. The van der Waals surface area contributed by atoms with Crippen LogP contribution in [0.4, 0.5) is 4.39 Å². The van der Waals surface area contributed by atoms with Crippen LogP contribution in [-0.2, 0) is 6.54 Å². The number of hydrogen-bond acceptors (Lipinski definition) is 2. The molecule has 1 fully saturated rings. The van der Waals surface area contributed by atoms with E-state index < -0.39 is 0 Å². The Morgan fingerprint density at radius 2 is 2.12 bits per heavy atom. The second-order valence-electron chi connectivity index (χ2n) is 6.76. The van der Waals surface area contributed by atoms with Crippen molar-refractivity contribution in [2.75, 3.05) is 26.2 Å². The van der Waals surface area contributed by atoms with E-state index >= 15 is 0 Å². The highest BCUT2D eigenvalue weighted by molar-refractivity contribution is 5.79. The lowest BCUT2D eigenvalue weighted by atomic mass is 9.97. The molecule has 1 atom stereocenters. The summed E-state index contributed by atoms with van der Waals surface area (Å²) < 4.78 is 13.7. The van der Waals surface area contributed by atoms with Crippen molar-refractivity contribution in [1.29, 1.82) is 0 Å². The predicted molar refractivity (Wildman–Crippen MR) is 98.7 cm³/mol. The van der Waals surface area contributed by atoms with Crippen LogP contribution in [0.5, 0.6) is 0 Å². The van der Waals surface area contributed by atoms with Gasteiger partial charge in [0.05, 0.1) is 6.54 Å². The first-order valence-corrected chi connectivity index (χ1v) is 9.09. The lowest BCUT2D eigenvalue weighted by molar-refractivity contribution is 0.141. The van der Waals surface area contributed by atoms with Gasteiger partial charge < -0.3 is 15.5 Å². The van der Waals surface area contributed by atoms with E-state index in [9.17, 15) is 4.39 Å². The number of piperidine rings is 1. The van der Waals surface area contributed by atoms with Crippen molar-refractivity contribution in [2.24, 2.45) is 10.9 Å². The number of nitrogens with zero attached hydrogens (tertiary/aromatic N) is 2. The summed E-state index contributed by atoms with van der Waals surface area (Å²) in [5.74, 6) is 1.21. The fourth-order valence-electron chi connectivity index (χ4n) is 3.11. The Bertz CT molecular complexity index is 530. The van der Waals surface area contributed by atoms with E-state index in [1.807, 2.05) is 13.0 Å². The second kappa shape index (κ2) is 9.62. The van der Waals surface area contributed by atoms with E-state index in [1.165, 1.54) is 25.5 Å². The Kier molecular flexibility index (Phi) is 7.50. The van der Waals surface area contributed by atoms with Crippen molar-refractivity contribution >= 4 is 5.96 Å². The third-order valence-electron chi connectivity index (χ3n) is 4.55. The summed E-state index contributed by atoms with van der Waals surface area (Å²) in [6.07, 6.45) is 2.51. The summed E-state index contributed by atoms with van der Waals surface area (Å²) in [6.45, 7) is 11.0. The Morgan fingerprint density at radius 3 is 2.83 bits per heavy atom. The number of likely N-dealkylation sites (tertiary alicyclic amines) is 1. The Balaban J connectivity index is 1.88. The maximum Gasteiger partial charge on any atom is 0.191 e. The van der Waals surface area contributed by atoms with Crippen LogP contribution in [0.3, 0.4) is 0 Å². The molecule has 1 aromatic carbocycles. The number of halogens is 1. The summed E-state index contributed by atoms with van der Waals surface area (Å²) in [4.78, 5) is 7.06. The quantitative estimate of drug-likeness (QED) is 0.620. The highest BCUT2D eigenvalue weighted by Crippen LogP contribution is 2.17. The van der Waals surface area contributed by atoms with E-state index in [2.05, 4.69) is 34.4 Å². The zero-order valence-electron chi connectivity index (χ0n) is 15.2. The topological polar surface area (TPSA) is 39.7 Å². The van der Waals surface area contributed by atoms with E-state index in [0.717, 1.165) is 25.6 Å². The zero-order valence-corrected chi connectivity index (χ0v) is 15.2. The van der Waals surface area contributed by atoms with Crippen LogP contribution in [0.15, 0.2) is 29.3 Å². The lowest BCUT2D eigenvalue weighted by Crippen LogP contribution is -2.46. The van der Waals surface area contributed by atoms with E-state index in [1.54, 1.807) is 12.1 Å². The van der Waals surface area contributed by atoms with Gasteiger partial charge in [0.2, 0.25) is 0 Å². The smallest absolute Gasteiger partial charge is 0.191 e. The molecule has 2 rings (SSSR count). The second-order valence-corrected chi connectivity index (χ2v) is 6.76. The molecule has 1 heterocycles. The molecule has 0 aliphatic carbocycles. The summed E-state index contributed by atoms with van der Waals surface area (Å²) in [5, 5.41) is 6.68. The molecule has 1 aliphatic rings. The summed E-state index contributed by atoms with van der Waals surface area (Å²) >= 11 is 0. The molecule has 1 saturated heterocycles. The van der Waals surface area contributed by atoms with Crippen LogP contribution in [-0.4, -0.2) is 43.1 Å². The molecule has 1 unspecified atom stereocenters. The highest BCUT2D eigenvalue weighted by atomic mass is 19.1. The normalized spacial score (nSPS) is 19.5.